The van der Waals surface area contributed by atoms with E-state index < -0.39 is 0 Å². The van der Waals surface area contributed by atoms with Crippen LogP contribution in [0.3, 0.4) is 0 Å². The summed E-state index contributed by atoms with van der Waals surface area (Å²) < 4.78 is 0. The van der Waals surface area contributed by atoms with Gasteiger partial charge in [0.05, 0.1) is 22.7 Å². The first-order valence-electron chi connectivity index (χ1n) is 7.81. The molecule has 5 nitrogen and oxygen atoms in total. The van der Waals surface area contributed by atoms with Crippen LogP contribution in [0.15, 0.2) is 12.1 Å². The fraction of sp³-hybridized carbons (Fsp3) is 0.562. The monoisotopic (exact) mass is 358 g/mol. The molecule has 0 unspecified atom stereocenters. The number of amides is 1. The van der Waals surface area contributed by atoms with E-state index in [1.165, 1.54) is 6.07 Å². The molecular weight excluding hydrogens is 339 g/mol. The second-order valence-corrected chi connectivity index (χ2v) is 7.06. The summed E-state index contributed by atoms with van der Waals surface area (Å²) >= 11 is 12.2. The van der Waals surface area contributed by atoms with Gasteiger partial charge in [0.1, 0.15) is 5.75 Å². The van der Waals surface area contributed by atoms with Crippen LogP contribution in [0.5, 0.6) is 5.75 Å². The van der Waals surface area contributed by atoms with Gasteiger partial charge >= 0.3 is 0 Å². The SMILES string of the molecule is O=C(C[C@H]1CN[C@@H](c2c(O)ccc(Cl)c2Cl)C1)N1CC[C@@H]1CO. The van der Waals surface area contributed by atoms with E-state index in [9.17, 15) is 15.0 Å². The average Bonchev–Trinajstić information content (AvgIpc) is 2.91. The first kappa shape index (κ1) is 16.8. The van der Waals surface area contributed by atoms with E-state index in [1.807, 2.05) is 0 Å². The van der Waals surface area contributed by atoms with Crippen LogP contribution < -0.4 is 5.32 Å². The molecule has 126 valence electrons. The standard InChI is InChI=1S/C16H20Cl2N2O3/c17-11-1-2-13(22)15(16(11)18)12-5-9(7-19-12)6-14(23)20-4-3-10(20)8-21/h1-2,9-10,12,19,21-22H,3-8H2/t9-,10+,12+/m0/s1. The zero-order chi connectivity index (χ0) is 16.6. The Hall–Kier alpha value is -1.01. The topological polar surface area (TPSA) is 72.8 Å². The first-order chi connectivity index (χ1) is 11.0. The molecule has 0 bridgehead atoms. The molecule has 2 fully saturated rings. The van der Waals surface area contributed by atoms with Crippen LogP contribution in [0.2, 0.25) is 10.0 Å². The minimum absolute atomic E-state index is 0.0147. The summed E-state index contributed by atoms with van der Waals surface area (Å²) in [4.78, 5) is 14.0. The number of nitrogens with one attached hydrogen (secondary N) is 1. The highest BCUT2D eigenvalue weighted by Gasteiger charge is 2.35. The molecule has 0 aromatic heterocycles. The van der Waals surface area contributed by atoms with Crippen LogP contribution in [0, 0.1) is 5.92 Å². The lowest BCUT2D eigenvalue weighted by molar-refractivity contribution is -0.141. The molecule has 2 aliphatic heterocycles. The molecule has 3 rings (SSSR count). The smallest absolute Gasteiger partial charge is 0.223 e. The van der Waals surface area contributed by atoms with Gasteiger partial charge in [-0.2, -0.15) is 0 Å². The Labute approximate surface area is 145 Å². The van der Waals surface area contributed by atoms with Gasteiger partial charge in [-0.1, -0.05) is 23.2 Å². The number of benzene rings is 1. The summed E-state index contributed by atoms with van der Waals surface area (Å²) in [5, 5.41) is 23.3. The number of phenolic OH excluding ortho intramolecular Hbond substituents is 1. The molecule has 2 aliphatic rings. The van der Waals surface area contributed by atoms with Gasteiger partial charge in [-0.15, -0.1) is 0 Å². The normalized spacial score (nSPS) is 27.1. The summed E-state index contributed by atoms with van der Waals surface area (Å²) in [6.45, 7) is 1.45. The van der Waals surface area contributed by atoms with Gasteiger partial charge in [-0.05, 0) is 37.4 Å². The fourth-order valence-electron chi connectivity index (χ4n) is 3.40. The molecule has 2 heterocycles. The molecule has 23 heavy (non-hydrogen) atoms. The van der Waals surface area contributed by atoms with E-state index in [0.29, 0.717) is 28.6 Å². The summed E-state index contributed by atoms with van der Waals surface area (Å²) in [5.74, 6) is 0.387. The van der Waals surface area contributed by atoms with Crippen molar-refractivity contribution in [3.63, 3.8) is 0 Å². The number of hydrogen-bond acceptors (Lipinski definition) is 4. The molecule has 2 saturated heterocycles. The van der Waals surface area contributed by atoms with Crippen molar-refractivity contribution in [3.8, 4) is 5.75 Å². The zero-order valence-electron chi connectivity index (χ0n) is 12.6. The Balaban J connectivity index is 1.63. The van der Waals surface area contributed by atoms with Gasteiger partial charge in [0.2, 0.25) is 5.91 Å². The Morgan fingerprint density at radius 1 is 1.39 bits per heavy atom. The number of rotatable bonds is 4. The molecule has 0 spiro atoms. The number of hydrogen-bond donors (Lipinski definition) is 3. The van der Waals surface area contributed by atoms with Crippen LogP contribution in [0.25, 0.3) is 0 Å². The van der Waals surface area contributed by atoms with Crippen LogP contribution in [0.4, 0.5) is 0 Å². The van der Waals surface area contributed by atoms with E-state index >= 15 is 0 Å². The maximum absolute atomic E-state index is 12.3. The Morgan fingerprint density at radius 3 is 2.83 bits per heavy atom. The number of aliphatic hydroxyl groups excluding tert-OH is 1. The van der Waals surface area contributed by atoms with E-state index in [2.05, 4.69) is 5.32 Å². The van der Waals surface area contributed by atoms with Gasteiger partial charge in [-0.25, -0.2) is 0 Å². The molecular formula is C16H20Cl2N2O3. The van der Waals surface area contributed by atoms with Gasteiger partial charge in [0.25, 0.3) is 0 Å². The van der Waals surface area contributed by atoms with Crippen LogP contribution in [-0.2, 0) is 4.79 Å². The van der Waals surface area contributed by atoms with Gasteiger partial charge in [-0.3, -0.25) is 4.79 Å². The average molecular weight is 359 g/mol. The van der Waals surface area contributed by atoms with Gasteiger partial charge in [0, 0.05) is 24.6 Å². The van der Waals surface area contributed by atoms with Crippen LogP contribution in [-0.4, -0.2) is 46.8 Å². The first-order valence-corrected chi connectivity index (χ1v) is 8.57. The molecule has 3 N–H and O–H groups in total. The minimum atomic E-state index is -0.107. The molecule has 1 aromatic carbocycles. The third-order valence-electron chi connectivity index (χ3n) is 4.82. The summed E-state index contributed by atoms with van der Waals surface area (Å²) in [6.07, 6.45) is 2.04. The molecule has 0 radical (unpaired) electrons. The lowest BCUT2D eigenvalue weighted by Crippen LogP contribution is -2.53. The molecule has 0 saturated carbocycles. The lowest BCUT2D eigenvalue weighted by atomic mass is 9.95. The number of nitrogens with zero attached hydrogens (tertiary/aromatic N) is 1. The Kier molecular flexibility index (Phi) is 5.01. The fourth-order valence-corrected chi connectivity index (χ4v) is 3.85. The van der Waals surface area contributed by atoms with E-state index in [0.717, 1.165) is 19.4 Å². The van der Waals surface area contributed by atoms with Crippen molar-refractivity contribution in [1.29, 1.82) is 0 Å². The highest BCUT2D eigenvalue weighted by molar-refractivity contribution is 6.42. The van der Waals surface area contributed by atoms with Crippen molar-refractivity contribution < 1.29 is 15.0 Å². The molecule has 0 aliphatic carbocycles. The second kappa shape index (κ2) is 6.85. The van der Waals surface area contributed by atoms with Crippen molar-refractivity contribution >= 4 is 29.1 Å². The van der Waals surface area contributed by atoms with Crippen LogP contribution in [0.1, 0.15) is 30.9 Å². The summed E-state index contributed by atoms with van der Waals surface area (Å²) in [7, 11) is 0. The summed E-state index contributed by atoms with van der Waals surface area (Å²) in [6, 6.07) is 2.98. The predicted molar refractivity (Wildman–Crippen MR) is 88.8 cm³/mol. The van der Waals surface area contributed by atoms with Gasteiger partial charge in [0.15, 0.2) is 0 Å². The number of phenols is 1. The van der Waals surface area contributed by atoms with E-state index in [4.69, 9.17) is 23.2 Å². The Bertz CT molecular complexity index is 609. The molecule has 1 amide bonds. The number of halogens is 2. The van der Waals surface area contributed by atoms with Crippen molar-refractivity contribution in [2.75, 3.05) is 19.7 Å². The molecule has 1 aromatic rings. The zero-order valence-corrected chi connectivity index (χ0v) is 14.1. The maximum atomic E-state index is 12.3. The quantitative estimate of drug-likeness (QED) is 0.772. The number of likely N-dealkylation sites (tertiary alicyclic amines) is 1. The highest BCUT2D eigenvalue weighted by Crippen LogP contribution is 2.41. The molecule has 3 atom stereocenters. The largest absolute Gasteiger partial charge is 0.508 e. The van der Waals surface area contributed by atoms with E-state index in [1.54, 1.807) is 11.0 Å². The number of carbonyl (C=O) groups excluding carboxylic acids is 1. The van der Waals surface area contributed by atoms with Crippen molar-refractivity contribution in [2.24, 2.45) is 5.92 Å². The van der Waals surface area contributed by atoms with Crippen molar-refractivity contribution in [3.05, 3.63) is 27.7 Å². The number of carbonyl (C=O) groups is 1. The lowest BCUT2D eigenvalue weighted by Gasteiger charge is -2.40. The third-order valence-corrected chi connectivity index (χ3v) is 5.64. The van der Waals surface area contributed by atoms with Crippen molar-refractivity contribution in [1.82, 2.24) is 10.2 Å². The number of aromatic hydroxyl groups is 1. The predicted octanol–water partition coefficient (Wildman–Crippen LogP) is 2.33. The van der Waals surface area contributed by atoms with Gasteiger partial charge < -0.3 is 20.4 Å². The second-order valence-electron chi connectivity index (χ2n) is 6.27. The molecule has 7 heteroatoms. The Morgan fingerprint density at radius 2 is 2.17 bits per heavy atom. The third kappa shape index (κ3) is 3.29. The maximum Gasteiger partial charge on any atom is 0.223 e. The minimum Gasteiger partial charge on any atom is -0.508 e. The van der Waals surface area contributed by atoms with Crippen molar-refractivity contribution in [2.45, 2.75) is 31.3 Å². The van der Waals surface area contributed by atoms with E-state index in [-0.39, 0.29) is 36.3 Å². The summed E-state index contributed by atoms with van der Waals surface area (Å²) in [5.41, 5.74) is 0.603. The highest BCUT2D eigenvalue weighted by atomic mass is 35.5. The van der Waals surface area contributed by atoms with Crippen LogP contribution >= 0.6 is 23.2 Å². The number of aliphatic hydroxyl groups is 1.